The average Bonchev–Trinajstić information content (AvgIpc) is 3.11. The second-order valence-electron chi connectivity index (χ2n) is 4.85. The first-order valence-corrected chi connectivity index (χ1v) is 6.66. The van der Waals surface area contributed by atoms with Crippen LogP contribution < -0.4 is 0 Å². The molecule has 108 valence electrons. The first kappa shape index (κ1) is 12.7. The summed E-state index contributed by atoms with van der Waals surface area (Å²) in [5.41, 5.74) is 2.73. The lowest BCUT2D eigenvalue weighted by atomic mass is 10.2. The molecule has 22 heavy (non-hydrogen) atoms. The van der Waals surface area contributed by atoms with Crippen molar-refractivity contribution < 1.29 is 13.3 Å². The van der Waals surface area contributed by atoms with Crippen molar-refractivity contribution in [2.24, 2.45) is 0 Å². The van der Waals surface area contributed by atoms with E-state index in [4.69, 9.17) is 8.94 Å². The maximum absolute atomic E-state index is 13.3. The molecule has 4 rings (SSSR count). The molecular formula is C16H10FN3O2. The molecule has 0 fully saturated rings. The minimum absolute atomic E-state index is 0.269. The Morgan fingerprint density at radius 2 is 1.91 bits per heavy atom. The van der Waals surface area contributed by atoms with Crippen molar-refractivity contribution in [3.05, 3.63) is 54.2 Å². The molecule has 0 amide bonds. The van der Waals surface area contributed by atoms with E-state index in [1.54, 1.807) is 19.1 Å². The van der Waals surface area contributed by atoms with Crippen LogP contribution in [-0.4, -0.2) is 15.1 Å². The van der Waals surface area contributed by atoms with Crippen molar-refractivity contribution in [1.29, 1.82) is 0 Å². The largest absolute Gasteiger partial charge is 0.441 e. The van der Waals surface area contributed by atoms with Gasteiger partial charge in [0, 0.05) is 18.1 Å². The van der Waals surface area contributed by atoms with E-state index in [9.17, 15) is 4.39 Å². The van der Waals surface area contributed by atoms with Gasteiger partial charge in [0.2, 0.25) is 5.82 Å². The van der Waals surface area contributed by atoms with Crippen LogP contribution in [0.25, 0.3) is 33.9 Å². The second-order valence-corrected chi connectivity index (χ2v) is 4.85. The molecule has 0 aliphatic heterocycles. The van der Waals surface area contributed by atoms with E-state index in [1.807, 2.05) is 18.2 Å². The van der Waals surface area contributed by atoms with E-state index < -0.39 is 0 Å². The minimum atomic E-state index is -0.350. The number of hydrogen-bond acceptors (Lipinski definition) is 5. The molecule has 0 aliphatic carbocycles. The van der Waals surface area contributed by atoms with Crippen LogP contribution in [0.3, 0.4) is 0 Å². The Bertz CT molecular complexity index is 974. The number of aromatic nitrogens is 3. The number of oxazole rings is 1. The number of halogens is 1. The fourth-order valence-corrected chi connectivity index (χ4v) is 2.26. The molecule has 2 aromatic carbocycles. The van der Waals surface area contributed by atoms with Crippen LogP contribution >= 0.6 is 0 Å². The Kier molecular flexibility index (Phi) is 2.75. The molecule has 0 radical (unpaired) electrons. The van der Waals surface area contributed by atoms with Crippen molar-refractivity contribution >= 4 is 11.1 Å². The molecule has 0 aliphatic rings. The van der Waals surface area contributed by atoms with Gasteiger partial charge in [-0.3, -0.25) is 0 Å². The number of benzene rings is 2. The Morgan fingerprint density at radius 3 is 2.77 bits per heavy atom. The fourth-order valence-electron chi connectivity index (χ4n) is 2.26. The van der Waals surface area contributed by atoms with E-state index in [-0.39, 0.29) is 11.7 Å². The van der Waals surface area contributed by atoms with Crippen molar-refractivity contribution in [2.45, 2.75) is 6.92 Å². The van der Waals surface area contributed by atoms with Gasteiger partial charge in [-0.15, -0.1) is 0 Å². The molecule has 2 aromatic heterocycles. The molecule has 0 saturated heterocycles. The standard InChI is InChI=1S/C16H10FN3O2/c1-9-18-13-8-10(5-6-14(13)21-9)15-19-16(22-20-15)11-3-2-4-12(17)7-11/h2-8H,1H3. The van der Waals surface area contributed by atoms with E-state index in [0.717, 1.165) is 11.1 Å². The van der Waals surface area contributed by atoms with Crippen LogP contribution in [0, 0.1) is 12.7 Å². The van der Waals surface area contributed by atoms with Crippen LogP contribution in [0.5, 0.6) is 0 Å². The predicted molar refractivity (Wildman–Crippen MR) is 77.4 cm³/mol. The second kappa shape index (κ2) is 4.77. The highest BCUT2D eigenvalue weighted by molar-refractivity contribution is 5.78. The summed E-state index contributed by atoms with van der Waals surface area (Å²) in [7, 11) is 0. The molecular weight excluding hydrogens is 285 g/mol. The highest BCUT2D eigenvalue weighted by Gasteiger charge is 2.12. The van der Waals surface area contributed by atoms with Gasteiger partial charge in [0.1, 0.15) is 11.3 Å². The van der Waals surface area contributed by atoms with Gasteiger partial charge < -0.3 is 8.94 Å². The monoisotopic (exact) mass is 295 g/mol. The third-order valence-corrected chi connectivity index (χ3v) is 3.25. The quantitative estimate of drug-likeness (QED) is 0.559. The zero-order valence-electron chi connectivity index (χ0n) is 11.6. The number of fused-ring (bicyclic) bond motifs is 1. The average molecular weight is 295 g/mol. The van der Waals surface area contributed by atoms with E-state index in [0.29, 0.717) is 22.9 Å². The Balaban J connectivity index is 1.76. The molecule has 0 N–H and O–H groups in total. The zero-order chi connectivity index (χ0) is 15.1. The summed E-state index contributed by atoms with van der Waals surface area (Å²) in [5, 5.41) is 3.94. The van der Waals surface area contributed by atoms with Gasteiger partial charge in [0.25, 0.3) is 5.89 Å². The summed E-state index contributed by atoms with van der Waals surface area (Å²) in [6, 6.07) is 11.5. The lowest BCUT2D eigenvalue weighted by molar-refractivity contribution is 0.432. The number of aryl methyl sites for hydroxylation is 1. The Labute approximate surface area is 124 Å². The van der Waals surface area contributed by atoms with Gasteiger partial charge in [0.05, 0.1) is 0 Å². The van der Waals surface area contributed by atoms with Gasteiger partial charge in [-0.05, 0) is 36.4 Å². The summed E-state index contributed by atoms with van der Waals surface area (Å²) in [6.07, 6.45) is 0. The third-order valence-electron chi connectivity index (χ3n) is 3.25. The van der Waals surface area contributed by atoms with Gasteiger partial charge >= 0.3 is 0 Å². The molecule has 0 spiro atoms. The van der Waals surface area contributed by atoms with Crippen LogP contribution in [-0.2, 0) is 0 Å². The minimum Gasteiger partial charge on any atom is -0.441 e. The Morgan fingerprint density at radius 1 is 1.00 bits per heavy atom. The fraction of sp³-hybridized carbons (Fsp3) is 0.0625. The Hall–Kier alpha value is -3.02. The summed E-state index contributed by atoms with van der Waals surface area (Å²) in [6.45, 7) is 1.79. The van der Waals surface area contributed by atoms with E-state index in [1.165, 1.54) is 12.1 Å². The highest BCUT2D eigenvalue weighted by atomic mass is 19.1. The lowest BCUT2D eigenvalue weighted by Gasteiger charge is -1.94. The lowest BCUT2D eigenvalue weighted by Crippen LogP contribution is -1.82. The first-order chi connectivity index (χ1) is 10.7. The van der Waals surface area contributed by atoms with Crippen LogP contribution in [0.4, 0.5) is 4.39 Å². The molecule has 5 nitrogen and oxygen atoms in total. The number of rotatable bonds is 2. The van der Waals surface area contributed by atoms with Crippen molar-refractivity contribution in [1.82, 2.24) is 15.1 Å². The third kappa shape index (κ3) is 2.14. The SMILES string of the molecule is Cc1nc2cc(-c3noc(-c4cccc(F)c4)n3)ccc2o1. The maximum atomic E-state index is 13.3. The van der Waals surface area contributed by atoms with E-state index in [2.05, 4.69) is 15.1 Å². The van der Waals surface area contributed by atoms with Gasteiger partial charge in [0.15, 0.2) is 11.5 Å². The molecule has 2 heterocycles. The van der Waals surface area contributed by atoms with Crippen molar-refractivity contribution in [3.8, 4) is 22.8 Å². The predicted octanol–water partition coefficient (Wildman–Crippen LogP) is 3.99. The molecule has 0 bridgehead atoms. The number of hydrogen-bond donors (Lipinski definition) is 0. The number of nitrogens with zero attached hydrogens (tertiary/aromatic N) is 3. The molecule has 6 heteroatoms. The van der Waals surface area contributed by atoms with Crippen molar-refractivity contribution in [3.63, 3.8) is 0 Å². The maximum Gasteiger partial charge on any atom is 0.258 e. The van der Waals surface area contributed by atoms with Crippen molar-refractivity contribution in [2.75, 3.05) is 0 Å². The zero-order valence-corrected chi connectivity index (χ0v) is 11.6. The van der Waals surface area contributed by atoms with Gasteiger partial charge in [-0.25, -0.2) is 9.37 Å². The van der Waals surface area contributed by atoms with Crippen LogP contribution in [0.15, 0.2) is 51.4 Å². The first-order valence-electron chi connectivity index (χ1n) is 6.66. The summed E-state index contributed by atoms with van der Waals surface area (Å²) >= 11 is 0. The summed E-state index contributed by atoms with van der Waals surface area (Å²) in [5.74, 6) is 0.935. The van der Waals surface area contributed by atoms with Gasteiger partial charge in [-0.2, -0.15) is 4.98 Å². The summed E-state index contributed by atoms with van der Waals surface area (Å²) < 4.78 is 23.9. The van der Waals surface area contributed by atoms with Crippen LogP contribution in [0.2, 0.25) is 0 Å². The van der Waals surface area contributed by atoms with E-state index >= 15 is 0 Å². The smallest absolute Gasteiger partial charge is 0.258 e. The molecule has 0 atom stereocenters. The highest BCUT2D eigenvalue weighted by Crippen LogP contribution is 2.25. The molecule has 0 unspecified atom stereocenters. The van der Waals surface area contributed by atoms with Gasteiger partial charge in [-0.1, -0.05) is 11.2 Å². The topological polar surface area (TPSA) is 65.0 Å². The molecule has 0 saturated carbocycles. The van der Waals surface area contributed by atoms with Crippen LogP contribution in [0.1, 0.15) is 5.89 Å². The molecule has 4 aromatic rings. The summed E-state index contributed by atoms with van der Waals surface area (Å²) in [4.78, 5) is 8.58. The normalized spacial score (nSPS) is 11.2.